The normalized spacial score (nSPS) is 10.4. The Kier molecular flexibility index (Phi) is 4.81. The summed E-state index contributed by atoms with van der Waals surface area (Å²) in [5.41, 5.74) is 3.12. The fraction of sp³-hybridized carbons (Fsp3) is 0.250. The van der Waals surface area contributed by atoms with Crippen LogP contribution in [0.15, 0.2) is 42.5 Å². The van der Waals surface area contributed by atoms with Crippen molar-refractivity contribution in [3.05, 3.63) is 68.7 Å². The molecular weight excluding hydrogens is 288 g/mol. The van der Waals surface area contributed by atoms with E-state index in [4.69, 9.17) is 11.6 Å². The molecule has 110 valence electrons. The standard InChI is InChI=1S/C16H17ClN2O2/c1-3-18(14-6-4-5-12(2)9-14)11-13-7-8-15(17)16(10-13)19(20)21/h4-10H,3,11H2,1-2H3. The summed E-state index contributed by atoms with van der Waals surface area (Å²) in [6.45, 7) is 5.54. The van der Waals surface area contributed by atoms with E-state index < -0.39 is 4.92 Å². The topological polar surface area (TPSA) is 46.4 Å². The molecular formula is C16H17ClN2O2. The number of anilines is 1. The molecule has 5 heteroatoms. The maximum Gasteiger partial charge on any atom is 0.288 e. The summed E-state index contributed by atoms with van der Waals surface area (Å²) in [5, 5.41) is 11.1. The fourth-order valence-electron chi connectivity index (χ4n) is 2.23. The summed E-state index contributed by atoms with van der Waals surface area (Å²) < 4.78 is 0. The molecule has 0 N–H and O–H groups in total. The number of hydrogen-bond donors (Lipinski definition) is 0. The van der Waals surface area contributed by atoms with Gasteiger partial charge >= 0.3 is 0 Å². The van der Waals surface area contributed by atoms with Crippen LogP contribution in [0.2, 0.25) is 5.02 Å². The summed E-state index contributed by atoms with van der Waals surface area (Å²) in [7, 11) is 0. The van der Waals surface area contributed by atoms with Gasteiger partial charge in [-0.25, -0.2) is 0 Å². The van der Waals surface area contributed by atoms with Crippen molar-refractivity contribution in [2.75, 3.05) is 11.4 Å². The molecule has 0 aromatic heterocycles. The number of rotatable bonds is 5. The minimum Gasteiger partial charge on any atom is -0.367 e. The highest BCUT2D eigenvalue weighted by Gasteiger charge is 2.14. The minimum atomic E-state index is -0.450. The van der Waals surface area contributed by atoms with Crippen LogP contribution in [0.4, 0.5) is 11.4 Å². The van der Waals surface area contributed by atoms with Gasteiger partial charge in [-0.1, -0.05) is 29.8 Å². The smallest absolute Gasteiger partial charge is 0.288 e. The number of nitro benzene ring substituents is 1. The first-order valence-electron chi connectivity index (χ1n) is 6.75. The zero-order valence-electron chi connectivity index (χ0n) is 12.0. The van der Waals surface area contributed by atoms with E-state index in [0.29, 0.717) is 6.54 Å². The Morgan fingerprint density at radius 2 is 2.00 bits per heavy atom. The molecule has 0 saturated heterocycles. The third-order valence-corrected chi connectivity index (χ3v) is 3.65. The van der Waals surface area contributed by atoms with Crippen molar-refractivity contribution < 1.29 is 4.92 Å². The maximum atomic E-state index is 11.0. The summed E-state index contributed by atoms with van der Waals surface area (Å²) in [6, 6.07) is 13.2. The van der Waals surface area contributed by atoms with Gasteiger partial charge in [-0.05, 0) is 43.2 Å². The molecule has 0 aliphatic rings. The maximum absolute atomic E-state index is 11.0. The van der Waals surface area contributed by atoms with Gasteiger partial charge in [0, 0.05) is 24.8 Å². The first kappa shape index (κ1) is 15.3. The van der Waals surface area contributed by atoms with Gasteiger partial charge in [0.15, 0.2) is 0 Å². The van der Waals surface area contributed by atoms with E-state index in [9.17, 15) is 10.1 Å². The van der Waals surface area contributed by atoms with Crippen LogP contribution in [0.3, 0.4) is 0 Å². The minimum absolute atomic E-state index is 0.0468. The second-order valence-electron chi connectivity index (χ2n) is 4.90. The average Bonchev–Trinajstić information content (AvgIpc) is 2.46. The quantitative estimate of drug-likeness (QED) is 0.600. The number of nitro groups is 1. The molecule has 2 rings (SSSR count). The number of halogens is 1. The molecule has 0 aliphatic carbocycles. The van der Waals surface area contributed by atoms with E-state index in [-0.39, 0.29) is 10.7 Å². The van der Waals surface area contributed by atoms with Gasteiger partial charge < -0.3 is 4.90 Å². The average molecular weight is 305 g/mol. The summed E-state index contributed by atoms with van der Waals surface area (Å²) in [4.78, 5) is 12.7. The zero-order chi connectivity index (χ0) is 15.4. The molecule has 0 heterocycles. The first-order chi connectivity index (χ1) is 10.0. The molecule has 0 bridgehead atoms. The highest BCUT2D eigenvalue weighted by molar-refractivity contribution is 6.32. The number of aryl methyl sites for hydroxylation is 1. The van der Waals surface area contributed by atoms with E-state index in [1.807, 2.05) is 31.2 Å². The van der Waals surface area contributed by atoms with Crippen LogP contribution < -0.4 is 4.90 Å². The number of nitrogens with zero attached hydrogens (tertiary/aromatic N) is 2. The van der Waals surface area contributed by atoms with Crippen LogP contribution in [0.25, 0.3) is 0 Å². The molecule has 0 fully saturated rings. The van der Waals surface area contributed by atoms with Crippen LogP contribution in [0.1, 0.15) is 18.1 Å². The lowest BCUT2D eigenvalue weighted by atomic mass is 10.1. The second kappa shape index (κ2) is 6.59. The van der Waals surface area contributed by atoms with Crippen molar-refractivity contribution in [2.24, 2.45) is 0 Å². The van der Waals surface area contributed by atoms with Crippen molar-refractivity contribution >= 4 is 23.0 Å². The molecule has 2 aromatic carbocycles. The van der Waals surface area contributed by atoms with E-state index >= 15 is 0 Å². The SMILES string of the molecule is CCN(Cc1ccc(Cl)c([N+](=O)[O-])c1)c1cccc(C)c1. The lowest BCUT2D eigenvalue weighted by Crippen LogP contribution is -2.22. The van der Waals surface area contributed by atoms with Crippen LogP contribution in [0.5, 0.6) is 0 Å². The fourth-order valence-corrected chi connectivity index (χ4v) is 2.41. The van der Waals surface area contributed by atoms with E-state index in [2.05, 4.69) is 17.9 Å². The van der Waals surface area contributed by atoms with Gasteiger partial charge in [0.05, 0.1) is 4.92 Å². The van der Waals surface area contributed by atoms with Crippen LogP contribution in [-0.2, 0) is 6.54 Å². The zero-order valence-corrected chi connectivity index (χ0v) is 12.8. The van der Waals surface area contributed by atoms with E-state index in [1.54, 1.807) is 12.1 Å². The van der Waals surface area contributed by atoms with Gasteiger partial charge in [0.1, 0.15) is 5.02 Å². The highest BCUT2D eigenvalue weighted by Crippen LogP contribution is 2.26. The van der Waals surface area contributed by atoms with Gasteiger partial charge in [0.2, 0.25) is 0 Å². The largest absolute Gasteiger partial charge is 0.367 e. The third-order valence-electron chi connectivity index (χ3n) is 3.33. The Morgan fingerprint density at radius 1 is 1.24 bits per heavy atom. The summed E-state index contributed by atoms with van der Waals surface area (Å²) >= 11 is 5.84. The Bertz CT molecular complexity index is 658. The number of benzene rings is 2. The molecule has 0 spiro atoms. The Balaban J connectivity index is 2.27. The Hall–Kier alpha value is -2.07. The van der Waals surface area contributed by atoms with E-state index in [0.717, 1.165) is 17.8 Å². The van der Waals surface area contributed by atoms with Crippen molar-refractivity contribution in [3.63, 3.8) is 0 Å². The molecule has 0 amide bonds. The summed E-state index contributed by atoms with van der Waals surface area (Å²) in [5.74, 6) is 0. The molecule has 2 aromatic rings. The summed E-state index contributed by atoms with van der Waals surface area (Å²) in [6.07, 6.45) is 0. The van der Waals surface area contributed by atoms with Crippen LogP contribution in [0, 0.1) is 17.0 Å². The van der Waals surface area contributed by atoms with Crippen LogP contribution >= 0.6 is 11.6 Å². The molecule has 4 nitrogen and oxygen atoms in total. The van der Waals surface area contributed by atoms with Crippen molar-refractivity contribution in [3.8, 4) is 0 Å². The van der Waals surface area contributed by atoms with Gasteiger partial charge in [-0.15, -0.1) is 0 Å². The predicted molar refractivity (Wildman–Crippen MR) is 86.0 cm³/mol. The van der Waals surface area contributed by atoms with Crippen molar-refractivity contribution in [2.45, 2.75) is 20.4 Å². The van der Waals surface area contributed by atoms with Crippen molar-refractivity contribution in [1.82, 2.24) is 0 Å². The molecule has 0 aliphatic heterocycles. The molecule has 21 heavy (non-hydrogen) atoms. The predicted octanol–water partition coefficient (Wildman–Crippen LogP) is 4.58. The molecule has 0 atom stereocenters. The highest BCUT2D eigenvalue weighted by atomic mass is 35.5. The lowest BCUT2D eigenvalue weighted by molar-refractivity contribution is -0.384. The second-order valence-corrected chi connectivity index (χ2v) is 5.30. The number of hydrogen-bond acceptors (Lipinski definition) is 3. The van der Waals surface area contributed by atoms with Gasteiger partial charge in [0.25, 0.3) is 5.69 Å². The Labute approximate surface area is 129 Å². The molecule has 0 radical (unpaired) electrons. The molecule has 0 unspecified atom stereocenters. The third kappa shape index (κ3) is 3.73. The van der Waals surface area contributed by atoms with E-state index in [1.165, 1.54) is 5.56 Å². The van der Waals surface area contributed by atoms with Crippen LogP contribution in [-0.4, -0.2) is 11.5 Å². The first-order valence-corrected chi connectivity index (χ1v) is 7.13. The molecule has 0 saturated carbocycles. The Morgan fingerprint density at radius 3 is 2.62 bits per heavy atom. The van der Waals surface area contributed by atoms with Gasteiger partial charge in [-0.2, -0.15) is 0 Å². The lowest BCUT2D eigenvalue weighted by Gasteiger charge is -2.23. The van der Waals surface area contributed by atoms with Gasteiger partial charge in [-0.3, -0.25) is 10.1 Å². The van der Waals surface area contributed by atoms with Crippen molar-refractivity contribution in [1.29, 1.82) is 0 Å². The monoisotopic (exact) mass is 304 g/mol.